The summed E-state index contributed by atoms with van der Waals surface area (Å²) in [5, 5.41) is 55.4. The first-order valence-corrected chi connectivity index (χ1v) is 8.93. The molecule has 2 rings (SSSR count). The van der Waals surface area contributed by atoms with Crippen molar-refractivity contribution in [2.75, 3.05) is 20.8 Å². The second-order valence-corrected chi connectivity index (χ2v) is 6.61. The molecule has 0 heterocycles. The monoisotopic (exact) mass is 415 g/mol. The summed E-state index contributed by atoms with van der Waals surface area (Å²) in [5.74, 6) is 1.25. The molecule has 0 aromatic heterocycles. The Morgan fingerprint density at radius 2 is 1.61 bits per heavy atom. The molecule has 0 amide bonds. The molecule has 5 atom stereocenters. The van der Waals surface area contributed by atoms with Crippen molar-refractivity contribution in [3.8, 4) is 11.5 Å². The van der Waals surface area contributed by atoms with Crippen molar-refractivity contribution in [3.63, 3.8) is 0 Å². The fraction of sp³-hybridized carbons (Fsp3) is 0.529. The zero-order chi connectivity index (χ0) is 20.8. The Hall–Kier alpha value is -2.02. The molecule has 1 fully saturated rings. The van der Waals surface area contributed by atoms with Crippen LogP contribution < -0.4 is 20.2 Å². The molecule has 1 aliphatic rings. The summed E-state index contributed by atoms with van der Waals surface area (Å²) >= 11 is 5.07. The maximum absolute atomic E-state index is 9.89. The van der Waals surface area contributed by atoms with Crippen molar-refractivity contribution in [2.45, 2.75) is 36.9 Å². The first kappa shape index (κ1) is 22.3. The van der Waals surface area contributed by atoms with Crippen molar-refractivity contribution >= 4 is 23.0 Å². The molecule has 28 heavy (non-hydrogen) atoms. The Kier molecular flexibility index (Phi) is 7.92. The number of aliphatic hydroxyl groups excluding tert-OH is 5. The van der Waals surface area contributed by atoms with Crippen molar-refractivity contribution < 1.29 is 35.0 Å². The second kappa shape index (κ2) is 9.96. The lowest BCUT2D eigenvalue weighted by atomic mass is 9.86. The molecule has 1 saturated carbocycles. The van der Waals surface area contributed by atoms with Crippen LogP contribution in [0.3, 0.4) is 0 Å². The Morgan fingerprint density at radius 3 is 2.18 bits per heavy atom. The number of nitrogens with zero attached hydrogens (tertiary/aromatic N) is 1. The standard InChI is InChI=1S/C17H25N3O7S/c1-26-9-4-3-8(7-10(9)27-2)5-6-18-17(28)20-19-11-12(21)14(23)16(25)15(24)13(11)22/h3-4,7,12-16,21-25H,5-6H2,1-2H3,(H2,18,20,28)/t12-,13+,14-,15-,16?/m1/s1. The topological polar surface area (TPSA) is 156 Å². The highest BCUT2D eigenvalue weighted by Crippen LogP contribution is 2.27. The average molecular weight is 415 g/mol. The zero-order valence-electron chi connectivity index (χ0n) is 15.4. The highest BCUT2D eigenvalue weighted by Gasteiger charge is 2.46. The highest BCUT2D eigenvalue weighted by atomic mass is 32.1. The quantitative estimate of drug-likeness (QED) is 0.203. The molecule has 11 heteroatoms. The van der Waals surface area contributed by atoms with E-state index in [0.29, 0.717) is 24.5 Å². The summed E-state index contributed by atoms with van der Waals surface area (Å²) in [5.41, 5.74) is 3.10. The van der Waals surface area contributed by atoms with Crippen LogP contribution >= 0.6 is 12.2 Å². The van der Waals surface area contributed by atoms with Crippen LogP contribution in [0.1, 0.15) is 5.56 Å². The minimum absolute atomic E-state index is 0.113. The molecule has 1 aromatic carbocycles. The van der Waals surface area contributed by atoms with Crippen LogP contribution in [0.15, 0.2) is 23.3 Å². The van der Waals surface area contributed by atoms with E-state index in [1.54, 1.807) is 20.3 Å². The molecule has 1 unspecified atom stereocenters. The van der Waals surface area contributed by atoms with Crippen LogP contribution in [0.5, 0.6) is 11.5 Å². The third kappa shape index (κ3) is 5.07. The van der Waals surface area contributed by atoms with Crippen molar-refractivity contribution in [3.05, 3.63) is 23.8 Å². The number of aliphatic hydroxyl groups is 5. The molecule has 0 spiro atoms. The molecule has 0 radical (unpaired) electrons. The number of thiocarbonyl (C=S) groups is 1. The Morgan fingerprint density at radius 1 is 1.00 bits per heavy atom. The number of hydrogen-bond donors (Lipinski definition) is 7. The Bertz CT molecular complexity index is 700. The maximum Gasteiger partial charge on any atom is 0.186 e. The van der Waals surface area contributed by atoms with Gasteiger partial charge in [0, 0.05) is 6.54 Å². The summed E-state index contributed by atoms with van der Waals surface area (Å²) in [6, 6.07) is 5.54. The van der Waals surface area contributed by atoms with E-state index in [-0.39, 0.29) is 10.8 Å². The minimum Gasteiger partial charge on any atom is -0.493 e. The third-order valence-corrected chi connectivity index (χ3v) is 4.62. The fourth-order valence-electron chi connectivity index (χ4n) is 2.74. The summed E-state index contributed by atoms with van der Waals surface area (Å²) in [4.78, 5) is 0. The molecule has 1 aromatic rings. The van der Waals surface area contributed by atoms with E-state index in [2.05, 4.69) is 15.8 Å². The van der Waals surface area contributed by atoms with Crippen molar-refractivity contribution in [2.24, 2.45) is 5.10 Å². The van der Waals surface area contributed by atoms with Gasteiger partial charge in [-0.1, -0.05) is 6.07 Å². The lowest BCUT2D eigenvalue weighted by Gasteiger charge is -2.36. The van der Waals surface area contributed by atoms with E-state index in [1.807, 2.05) is 12.1 Å². The molecular formula is C17H25N3O7S. The number of rotatable bonds is 6. The van der Waals surface area contributed by atoms with Gasteiger partial charge in [0.15, 0.2) is 16.6 Å². The average Bonchev–Trinajstić information content (AvgIpc) is 2.70. The van der Waals surface area contributed by atoms with Gasteiger partial charge in [-0.05, 0) is 36.3 Å². The molecule has 0 bridgehead atoms. The van der Waals surface area contributed by atoms with Gasteiger partial charge >= 0.3 is 0 Å². The summed E-state index contributed by atoms with van der Waals surface area (Å²) in [6.45, 7) is 0.460. The largest absolute Gasteiger partial charge is 0.493 e. The predicted molar refractivity (Wildman–Crippen MR) is 104 cm³/mol. The van der Waals surface area contributed by atoms with Gasteiger partial charge in [-0.2, -0.15) is 5.10 Å². The first-order chi connectivity index (χ1) is 13.3. The van der Waals surface area contributed by atoms with Crippen LogP contribution in [0, 0.1) is 0 Å². The van der Waals surface area contributed by atoms with Crippen molar-refractivity contribution in [1.82, 2.24) is 10.7 Å². The number of nitrogens with one attached hydrogen (secondary N) is 2. The predicted octanol–water partition coefficient (Wildman–Crippen LogP) is -2.12. The SMILES string of the molecule is COc1ccc(CCNC(=S)NN=C2[C@@H](O)[C@@H](O)C(O)[C@H](O)[C@H]2O)cc1OC. The van der Waals surface area contributed by atoms with Gasteiger partial charge in [-0.3, -0.25) is 5.43 Å². The summed E-state index contributed by atoms with van der Waals surface area (Å²) in [7, 11) is 3.11. The van der Waals surface area contributed by atoms with Crippen LogP contribution in [0.25, 0.3) is 0 Å². The molecular weight excluding hydrogens is 390 g/mol. The van der Waals surface area contributed by atoms with Crippen molar-refractivity contribution in [1.29, 1.82) is 0 Å². The number of methoxy groups -OCH3 is 2. The molecule has 10 nitrogen and oxygen atoms in total. The third-order valence-electron chi connectivity index (χ3n) is 4.39. The zero-order valence-corrected chi connectivity index (χ0v) is 16.3. The van der Waals surface area contributed by atoms with Gasteiger partial charge < -0.3 is 40.3 Å². The molecule has 0 saturated heterocycles. The Balaban J connectivity index is 1.88. The normalized spacial score (nSPS) is 28.7. The molecule has 1 aliphatic carbocycles. The summed E-state index contributed by atoms with van der Waals surface area (Å²) in [6.07, 6.45) is -7.70. The number of hydrazone groups is 1. The van der Waals surface area contributed by atoms with Gasteiger partial charge in [-0.15, -0.1) is 0 Å². The van der Waals surface area contributed by atoms with E-state index >= 15 is 0 Å². The lowest BCUT2D eigenvalue weighted by molar-refractivity contribution is -0.130. The Labute approximate surface area is 167 Å². The smallest absolute Gasteiger partial charge is 0.186 e. The van der Waals surface area contributed by atoms with Gasteiger partial charge in [0.1, 0.15) is 36.2 Å². The maximum atomic E-state index is 9.89. The number of hydrogen-bond acceptors (Lipinski definition) is 9. The van der Waals surface area contributed by atoms with Crippen LogP contribution in [0.2, 0.25) is 0 Å². The fourth-order valence-corrected chi connectivity index (χ4v) is 2.89. The first-order valence-electron chi connectivity index (χ1n) is 8.52. The van der Waals surface area contributed by atoms with Crippen LogP contribution in [-0.2, 0) is 6.42 Å². The van der Waals surface area contributed by atoms with E-state index in [4.69, 9.17) is 21.7 Å². The van der Waals surface area contributed by atoms with E-state index < -0.39 is 30.5 Å². The molecule has 156 valence electrons. The van der Waals surface area contributed by atoms with E-state index in [9.17, 15) is 25.5 Å². The number of ether oxygens (including phenoxy) is 2. The molecule has 0 aliphatic heterocycles. The minimum atomic E-state index is -1.68. The highest BCUT2D eigenvalue weighted by molar-refractivity contribution is 7.80. The number of benzene rings is 1. The van der Waals surface area contributed by atoms with Gasteiger partial charge in [0.2, 0.25) is 0 Å². The van der Waals surface area contributed by atoms with E-state index in [0.717, 1.165) is 5.56 Å². The second-order valence-electron chi connectivity index (χ2n) is 6.21. The lowest BCUT2D eigenvalue weighted by Crippen LogP contribution is -2.62. The van der Waals surface area contributed by atoms with Crippen LogP contribution in [-0.4, -0.2) is 87.6 Å². The summed E-state index contributed by atoms with van der Waals surface area (Å²) < 4.78 is 10.4. The van der Waals surface area contributed by atoms with Gasteiger partial charge in [-0.25, -0.2) is 0 Å². The van der Waals surface area contributed by atoms with Crippen LogP contribution in [0.4, 0.5) is 0 Å². The molecule has 7 N–H and O–H groups in total. The van der Waals surface area contributed by atoms with Gasteiger partial charge in [0.05, 0.1) is 14.2 Å². The van der Waals surface area contributed by atoms with E-state index in [1.165, 1.54) is 0 Å². The van der Waals surface area contributed by atoms with Gasteiger partial charge in [0.25, 0.3) is 0 Å².